The molecule has 35 heavy (non-hydrogen) atoms. The maximum absolute atomic E-state index is 10.6. The third kappa shape index (κ3) is 5.96. The van der Waals surface area contributed by atoms with E-state index in [1.54, 1.807) is 13.0 Å². The van der Waals surface area contributed by atoms with Crippen LogP contribution in [0.3, 0.4) is 0 Å². The molecular formula is C29H31N3O3. The number of hydrogen-bond donors (Lipinski definition) is 1. The highest BCUT2D eigenvalue weighted by Crippen LogP contribution is 2.30. The second-order valence-corrected chi connectivity index (χ2v) is 9.18. The molecule has 180 valence electrons. The van der Waals surface area contributed by atoms with Gasteiger partial charge in [-0.3, -0.25) is 0 Å². The predicted molar refractivity (Wildman–Crippen MR) is 138 cm³/mol. The molecule has 0 spiro atoms. The van der Waals surface area contributed by atoms with Gasteiger partial charge >= 0.3 is 0 Å². The first-order chi connectivity index (χ1) is 17.1. The average Bonchev–Trinajstić information content (AvgIpc) is 3.32. The highest BCUT2D eigenvalue weighted by Gasteiger charge is 2.22. The summed E-state index contributed by atoms with van der Waals surface area (Å²) in [5, 5.41) is 21.1. The van der Waals surface area contributed by atoms with Crippen LogP contribution in [0.1, 0.15) is 41.7 Å². The molecule has 1 aliphatic heterocycles. The van der Waals surface area contributed by atoms with Gasteiger partial charge in [-0.25, -0.2) is 0 Å². The first-order valence-corrected chi connectivity index (χ1v) is 12.2. The summed E-state index contributed by atoms with van der Waals surface area (Å²) in [5.41, 5.74) is 2.32. The van der Waals surface area contributed by atoms with Crippen molar-refractivity contribution in [2.75, 3.05) is 26.2 Å². The molecular weight excluding hydrogens is 438 g/mol. The zero-order valence-electron chi connectivity index (χ0n) is 20.0. The van der Waals surface area contributed by atoms with Crippen LogP contribution in [0.4, 0.5) is 0 Å². The molecule has 3 aromatic carbocycles. The van der Waals surface area contributed by atoms with Crippen LogP contribution in [0.25, 0.3) is 22.9 Å². The Morgan fingerprint density at radius 3 is 2.57 bits per heavy atom. The maximum atomic E-state index is 10.6. The number of aromatic nitrogens is 2. The van der Waals surface area contributed by atoms with Gasteiger partial charge in [-0.05, 0) is 60.3 Å². The van der Waals surface area contributed by atoms with E-state index in [0.29, 0.717) is 30.0 Å². The Morgan fingerprint density at radius 2 is 1.77 bits per heavy atom. The van der Waals surface area contributed by atoms with Gasteiger partial charge in [-0.1, -0.05) is 60.7 Å². The maximum Gasteiger partial charge on any atom is 0.240 e. The molecule has 6 nitrogen and oxygen atoms in total. The molecule has 0 amide bonds. The van der Waals surface area contributed by atoms with E-state index in [-0.39, 0.29) is 6.61 Å². The van der Waals surface area contributed by atoms with Crippen molar-refractivity contribution in [3.63, 3.8) is 0 Å². The summed E-state index contributed by atoms with van der Waals surface area (Å²) in [6.07, 6.45) is 5.30. The van der Waals surface area contributed by atoms with Crippen molar-refractivity contribution >= 4 is 22.9 Å². The van der Waals surface area contributed by atoms with E-state index in [0.717, 1.165) is 31.5 Å². The molecule has 1 aromatic heterocycles. The third-order valence-electron chi connectivity index (χ3n) is 6.60. The van der Waals surface area contributed by atoms with Crippen molar-refractivity contribution in [2.24, 2.45) is 0 Å². The number of β-amino-alcohol motifs (C(OH)–C–C–N with tert-alkyl or cyclic N) is 1. The molecule has 1 N–H and O–H groups in total. The van der Waals surface area contributed by atoms with Crippen LogP contribution in [0, 0.1) is 6.92 Å². The topological polar surface area (TPSA) is 71.6 Å². The van der Waals surface area contributed by atoms with Gasteiger partial charge in [-0.2, -0.15) is 0 Å². The Bertz CT molecular complexity index is 1290. The lowest BCUT2D eigenvalue weighted by molar-refractivity contribution is 0.0594. The molecule has 5 rings (SSSR count). The standard InChI is InChI=1S/C29H31N3O3/c1-21-30-31-29(35-21)13-12-24-7-4-5-9-28(24)34-20-27(33)19-32-16-14-23(15-17-32)26-11-10-22-6-2-3-8-25(22)18-26/h2-13,18,23,27,33H,14-17,19-20H2,1H3. The van der Waals surface area contributed by atoms with Crippen LogP contribution < -0.4 is 4.74 Å². The number of piperidine rings is 1. The van der Waals surface area contributed by atoms with Crippen molar-refractivity contribution in [2.45, 2.75) is 31.8 Å². The number of nitrogens with zero attached hydrogens (tertiary/aromatic N) is 3. The highest BCUT2D eigenvalue weighted by molar-refractivity contribution is 5.83. The molecule has 1 aliphatic rings. The number of ether oxygens (including phenoxy) is 1. The second kappa shape index (κ2) is 10.8. The van der Waals surface area contributed by atoms with E-state index < -0.39 is 6.10 Å². The molecule has 1 fully saturated rings. The van der Waals surface area contributed by atoms with Crippen LogP contribution in [-0.4, -0.2) is 52.5 Å². The molecule has 1 atom stereocenters. The molecule has 0 saturated carbocycles. The fourth-order valence-corrected chi connectivity index (χ4v) is 4.74. The van der Waals surface area contributed by atoms with Gasteiger partial charge in [0.25, 0.3) is 0 Å². The summed E-state index contributed by atoms with van der Waals surface area (Å²) in [7, 11) is 0. The number of likely N-dealkylation sites (tertiary alicyclic amines) is 1. The number of fused-ring (bicyclic) bond motifs is 1. The van der Waals surface area contributed by atoms with Gasteiger partial charge in [0.15, 0.2) is 0 Å². The number of aliphatic hydroxyl groups is 1. The van der Waals surface area contributed by atoms with Crippen molar-refractivity contribution in [3.8, 4) is 5.75 Å². The Labute approximate surface area is 205 Å². The van der Waals surface area contributed by atoms with Crippen molar-refractivity contribution in [3.05, 3.63) is 89.6 Å². The summed E-state index contributed by atoms with van der Waals surface area (Å²) in [6, 6.07) is 23.1. The normalized spacial score (nSPS) is 16.2. The van der Waals surface area contributed by atoms with Crippen molar-refractivity contribution in [1.29, 1.82) is 0 Å². The largest absolute Gasteiger partial charge is 0.490 e. The third-order valence-corrected chi connectivity index (χ3v) is 6.60. The number of hydrogen-bond acceptors (Lipinski definition) is 6. The minimum atomic E-state index is -0.553. The number of aryl methyl sites for hydroxylation is 1. The van der Waals surface area contributed by atoms with Crippen molar-refractivity contribution in [1.82, 2.24) is 15.1 Å². The summed E-state index contributed by atoms with van der Waals surface area (Å²) in [5.74, 6) is 2.27. The van der Waals surface area contributed by atoms with E-state index in [1.165, 1.54) is 16.3 Å². The van der Waals surface area contributed by atoms with Crippen molar-refractivity contribution < 1.29 is 14.3 Å². The summed E-state index contributed by atoms with van der Waals surface area (Å²) >= 11 is 0. The minimum absolute atomic E-state index is 0.245. The number of rotatable bonds is 8. The van der Waals surface area contributed by atoms with E-state index in [1.807, 2.05) is 30.3 Å². The van der Waals surface area contributed by atoms with Crippen LogP contribution in [0.2, 0.25) is 0 Å². The lowest BCUT2D eigenvalue weighted by Crippen LogP contribution is -2.40. The van der Waals surface area contributed by atoms with Gasteiger partial charge < -0.3 is 19.2 Å². The minimum Gasteiger partial charge on any atom is -0.490 e. The molecule has 1 unspecified atom stereocenters. The smallest absolute Gasteiger partial charge is 0.240 e. The molecule has 0 aliphatic carbocycles. The van der Waals surface area contributed by atoms with Crippen LogP contribution in [-0.2, 0) is 0 Å². The molecule has 2 heterocycles. The summed E-state index contributed by atoms with van der Waals surface area (Å²) in [4.78, 5) is 2.34. The Kier molecular flexibility index (Phi) is 7.21. The fraction of sp³-hybridized carbons (Fsp3) is 0.310. The van der Waals surface area contributed by atoms with Gasteiger partial charge in [-0.15, -0.1) is 10.2 Å². The number of aliphatic hydroxyl groups excluding tert-OH is 1. The zero-order valence-corrected chi connectivity index (χ0v) is 20.0. The number of para-hydroxylation sites is 1. The zero-order chi connectivity index (χ0) is 24.0. The molecule has 0 bridgehead atoms. The first kappa shape index (κ1) is 23.3. The summed E-state index contributed by atoms with van der Waals surface area (Å²) in [6.45, 7) is 4.59. The molecule has 0 radical (unpaired) electrons. The highest BCUT2D eigenvalue weighted by atomic mass is 16.5. The fourth-order valence-electron chi connectivity index (χ4n) is 4.74. The Hall–Kier alpha value is -3.48. The monoisotopic (exact) mass is 469 g/mol. The SMILES string of the molecule is Cc1nnc(C=Cc2ccccc2OCC(O)CN2CCC(c3ccc4ccccc4c3)CC2)o1. The van der Waals surface area contributed by atoms with Crippen LogP contribution >= 0.6 is 0 Å². The summed E-state index contributed by atoms with van der Waals surface area (Å²) < 4.78 is 11.4. The molecule has 6 heteroatoms. The predicted octanol–water partition coefficient (Wildman–Crippen LogP) is 5.32. The van der Waals surface area contributed by atoms with Crippen LogP contribution in [0.15, 0.2) is 71.1 Å². The van der Waals surface area contributed by atoms with Gasteiger partial charge in [0, 0.05) is 25.1 Å². The van der Waals surface area contributed by atoms with Gasteiger partial charge in [0.2, 0.25) is 11.8 Å². The number of benzene rings is 3. The average molecular weight is 470 g/mol. The van der Waals surface area contributed by atoms with E-state index in [2.05, 4.69) is 57.6 Å². The lowest BCUT2D eigenvalue weighted by Gasteiger charge is -2.33. The molecule has 4 aromatic rings. The van der Waals surface area contributed by atoms with E-state index in [4.69, 9.17) is 9.15 Å². The Morgan fingerprint density at radius 1 is 1.00 bits per heavy atom. The first-order valence-electron chi connectivity index (χ1n) is 12.2. The van der Waals surface area contributed by atoms with E-state index >= 15 is 0 Å². The second-order valence-electron chi connectivity index (χ2n) is 9.18. The van der Waals surface area contributed by atoms with E-state index in [9.17, 15) is 5.11 Å². The van der Waals surface area contributed by atoms with Gasteiger partial charge in [0.1, 0.15) is 18.5 Å². The molecule has 1 saturated heterocycles. The quantitative estimate of drug-likeness (QED) is 0.377. The Balaban J connectivity index is 1.11. The lowest BCUT2D eigenvalue weighted by atomic mass is 9.88. The van der Waals surface area contributed by atoms with Crippen LogP contribution in [0.5, 0.6) is 5.75 Å². The van der Waals surface area contributed by atoms with Gasteiger partial charge in [0.05, 0.1) is 0 Å².